The molecule has 0 radical (unpaired) electrons. The van der Waals surface area contributed by atoms with E-state index in [0.717, 1.165) is 24.9 Å². The van der Waals surface area contributed by atoms with Crippen molar-refractivity contribution >= 4 is 0 Å². The van der Waals surface area contributed by atoms with E-state index in [9.17, 15) is 0 Å². The van der Waals surface area contributed by atoms with E-state index in [4.69, 9.17) is 0 Å². The molecule has 1 aliphatic heterocycles. The molecule has 2 fully saturated rings. The van der Waals surface area contributed by atoms with Gasteiger partial charge in [-0.15, -0.1) is 0 Å². The Morgan fingerprint density at radius 1 is 1.50 bits per heavy atom. The molecule has 0 amide bonds. The van der Waals surface area contributed by atoms with Crippen molar-refractivity contribution in [3.63, 3.8) is 0 Å². The minimum absolute atomic E-state index is 0.550. The second-order valence-electron chi connectivity index (χ2n) is 5.43. The molecule has 0 bridgehead atoms. The summed E-state index contributed by atoms with van der Waals surface area (Å²) in [6.45, 7) is 4.69. The van der Waals surface area contributed by atoms with E-state index in [2.05, 4.69) is 21.8 Å². The molecule has 1 aromatic heterocycles. The van der Waals surface area contributed by atoms with Gasteiger partial charge in [-0.1, -0.05) is 6.92 Å². The third kappa shape index (κ3) is 2.01. The Morgan fingerprint density at radius 2 is 2.38 bits per heavy atom. The number of hydrogen-bond donors (Lipinski definition) is 1. The van der Waals surface area contributed by atoms with Crippen LogP contribution < -0.4 is 5.32 Å². The number of rotatable bonds is 4. The number of nitrogens with one attached hydrogen (secondary N) is 1. The van der Waals surface area contributed by atoms with Crippen molar-refractivity contribution in [2.45, 2.75) is 45.2 Å². The van der Waals surface area contributed by atoms with Gasteiger partial charge < -0.3 is 9.88 Å². The normalized spacial score (nSPS) is 27.2. The molecular weight excluding hydrogens is 198 g/mol. The van der Waals surface area contributed by atoms with Gasteiger partial charge in [-0.05, 0) is 44.1 Å². The Balaban J connectivity index is 1.70. The van der Waals surface area contributed by atoms with Crippen LogP contribution in [-0.4, -0.2) is 16.1 Å². The second-order valence-corrected chi connectivity index (χ2v) is 5.43. The zero-order valence-corrected chi connectivity index (χ0v) is 10.0. The Bertz CT molecular complexity index is 348. The highest BCUT2D eigenvalue weighted by molar-refractivity contribution is 5.07. The largest absolute Gasteiger partial charge is 0.333 e. The van der Waals surface area contributed by atoms with Gasteiger partial charge in [0.05, 0.1) is 12.0 Å². The van der Waals surface area contributed by atoms with Crippen LogP contribution in [0, 0.1) is 11.8 Å². The Labute approximate surface area is 97.3 Å². The topological polar surface area (TPSA) is 29.9 Å². The predicted molar refractivity (Wildman–Crippen MR) is 64.1 cm³/mol. The predicted octanol–water partition coefficient (Wildman–Crippen LogP) is 2.35. The molecule has 1 aliphatic carbocycles. The maximum Gasteiger partial charge on any atom is 0.0948 e. The summed E-state index contributed by atoms with van der Waals surface area (Å²) < 4.78 is 2.37. The van der Waals surface area contributed by atoms with Gasteiger partial charge in [-0.25, -0.2) is 4.98 Å². The molecule has 0 aromatic carbocycles. The summed E-state index contributed by atoms with van der Waals surface area (Å²) >= 11 is 0. The Morgan fingerprint density at radius 3 is 3.06 bits per heavy atom. The van der Waals surface area contributed by atoms with Gasteiger partial charge in [0, 0.05) is 18.8 Å². The van der Waals surface area contributed by atoms with E-state index in [1.54, 1.807) is 0 Å². The van der Waals surface area contributed by atoms with E-state index in [1.165, 1.54) is 31.4 Å². The van der Waals surface area contributed by atoms with Gasteiger partial charge >= 0.3 is 0 Å². The first-order chi connectivity index (χ1) is 7.84. The fourth-order valence-electron chi connectivity index (χ4n) is 2.84. The highest BCUT2D eigenvalue weighted by Gasteiger charge is 2.29. The lowest BCUT2D eigenvalue weighted by Crippen LogP contribution is -2.19. The van der Waals surface area contributed by atoms with Gasteiger partial charge in [-0.2, -0.15) is 0 Å². The number of hydrogen-bond acceptors (Lipinski definition) is 2. The van der Waals surface area contributed by atoms with E-state index in [0.29, 0.717) is 6.04 Å². The molecule has 0 spiro atoms. The Hall–Kier alpha value is -0.830. The fraction of sp³-hybridized carbons (Fsp3) is 0.769. The van der Waals surface area contributed by atoms with Crippen LogP contribution >= 0.6 is 0 Å². The summed E-state index contributed by atoms with van der Waals surface area (Å²) in [7, 11) is 0. The molecule has 88 valence electrons. The molecule has 2 aliphatic rings. The average Bonchev–Trinajstić information content (AvgIpc) is 2.81. The second kappa shape index (κ2) is 4.21. The van der Waals surface area contributed by atoms with Crippen molar-refractivity contribution in [1.29, 1.82) is 0 Å². The minimum atomic E-state index is 0.550. The zero-order valence-electron chi connectivity index (χ0n) is 10.0. The SMILES string of the molecule is CC(Cn1cncc1C1CCCN1)C1CC1. The van der Waals surface area contributed by atoms with Crippen LogP contribution in [0.25, 0.3) is 0 Å². The van der Waals surface area contributed by atoms with Crippen molar-refractivity contribution in [3.8, 4) is 0 Å². The van der Waals surface area contributed by atoms with Crippen LogP contribution in [0.3, 0.4) is 0 Å². The van der Waals surface area contributed by atoms with Crippen molar-refractivity contribution < 1.29 is 0 Å². The van der Waals surface area contributed by atoms with Crippen LogP contribution in [0.1, 0.15) is 44.3 Å². The lowest BCUT2D eigenvalue weighted by atomic mass is 10.1. The van der Waals surface area contributed by atoms with Crippen molar-refractivity contribution in [3.05, 3.63) is 18.2 Å². The third-order valence-electron chi connectivity index (χ3n) is 4.07. The van der Waals surface area contributed by atoms with E-state index < -0.39 is 0 Å². The maximum absolute atomic E-state index is 4.32. The van der Waals surface area contributed by atoms with Crippen LogP contribution in [0.5, 0.6) is 0 Å². The van der Waals surface area contributed by atoms with Crippen LogP contribution in [0.4, 0.5) is 0 Å². The molecule has 16 heavy (non-hydrogen) atoms. The number of nitrogens with zero attached hydrogens (tertiary/aromatic N) is 2. The highest BCUT2D eigenvalue weighted by Crippen LogP contribution is 2.37. The van der Waals surface area contributed by atoms with Gasteiger partial charge in [0.2, 0.25) is 0 Å². The summed E-state index contributed by atoms with van der Waals surface area (Å²) in [5.74, 6) is 1.79. The minimum Gasteiger partial charge on any atom is -0.333 e. The maximum atomic E-state index is 4.32. The summed E-state index contributed by atoms with van der Waals surface area (Å²) in [4.78, 5) is 4.32. The van der Waals surface area contributed by atoms with Crippen molar-refractivity contribution in [2.75, 3.05) is 6.54 Å². The summed E-state index contributed by atoms with van der Waals surface area (Å²) in [6, 6.07) is 0.550. The first-order valence-electron chi connectivity index (χ1n) is 6.58. The third-order valence-corrected chi connectivity index (χ3v) is 4.07. The van der Waals surface area contributed by atoms with Crippen LogP contribution in [0.15, 0.2) is 12.5 Å². The summed E-state index contributed by atoms with van der Waals surface area (Å²) in [5.41, 5.74) is 1.39. The molecule has 2 heterocycles. The Kier molecular flexibility index (Phi) is 2.72. The smallest absolute Gasteiger partial charge is 0.0948 e. The molecular formula is C13H21N3. The van der Waals surface area contributed by atoms with E-state index in [-0.39, 0.29) is 0 Å². The number of aromatic nitrogens is 2. The van der Waals surface area contributed by atoms with Gasteiger partial charge in [0.25, 0.3) is 0 Å². The molecule has 1 saturated heterocycles. The molecule has 2 atom stereocenters. The molecule has 1 N–H and O–H groups in total. The average molecular weight is 219 g/mol. The van der Waals surface area contributed by atoms with Gasteiger partial charge in [0.15, 0.2) is 0 Å². The molecule has 1 aromatic rings. The van der Waals surface area contributed by atoms with Crippen LogP contribution in [-0.2, 0) is 6.54 Å². The van der Waals surface area contributed by atoms with E-state index >= 15 is 0 Å². The summed E-state index contributed by atoms with van der Waals surface area (Å²) in [6.07, 6.45) is 9.49. The van der Waals surface area contributed by atoms with Crippen molar-refractivity contribution in [1.82, 2.24) is 14.9 Å². The quantitative estimate of drug-likeness (QED) is 0.842. The summed E-state index contributed by atoms with van der Waals surface area (Å²) in [5, 5.41) is 3.56. The molecule has 3 nitrogen and oxygen atoms in total. The molecule has 3 rings (SSSR count). The molecule has 2 unspecified atom stereocenters. The molecule has 1 saturated carbocycles. The molecule has 3 heteroatoms. The first-order valence-corrected chi connectivity index (χ1v) is 6.58. The van der Waals surface area contributed by atoms with Gasteiger partial charge in [0.1, 0.15) is 0 Å². The monoisotopic (exact) mass is 219 g/mol. The lowest BCUT2D eigenvalue weighted by Gasteiger charge is -2.17. The lowest BCUT2D eigenvalue weighted by molar-refractivity contribution is 0.413. The van der Waals surface area contributed by atoms with Gasteiger partial charge in [-0.3, -0.25) is 0 Å². The van der Waals surface area contributed by atoms with Crippen LogP contribution in [0.2, 0.25) is 0 Å². The van der Waals surface area contributed by atoms with E-state index in [1.807, 2.05) is 12.5 Å². The highest BCUT2D eigenvalue weighted by atomic mass is 15.1. The standard InChI is InChI=1S/C13H21N3/c1-10(11-4-5-11)8-16-9-14-7-13(16)12-3-2-6-15-12/h7,9-12,15H,2-6,8H2,1H3. The fourth-order valence-corrected chi connectivity index (χ4v) is 2.84. The van der Waals surface area contributed by atoms with Crippen molar-refractivity contribution in [2.24, 2.45) is 11.8 Å². The first kappa shape index (κ1) is 10.3. The zero-order chi connectivity index (χ0) is 11.0. The number of imidazole rings is 1.